The van der Waals surface area contributed by atoms with Crippen molar-refractivity contribution in [3.8, 4) is 0 Å². The summed E-state index contributed by atoms with van der Waals surface area (Å²) in [7, 11) is 0. The lowest BCUT2D eigenvalue weighted by atomic mass is 10.1. The molecule has 0 heterocycles. The third kappa shape index (κ3) is 5.10. The van der Waals surface area contributed by atoms with Crippen LogP contribution in [-0.4, -0.2) is 25.0 Å². The average Bonchev–Trinajstić information content (AvgIpc) is 2.60. The van der Waals surface area contributed by atoms with Gasteiger partial charge in [0.2, 0.25) is 0 Å². The highest BCUT2D eigenvalue weighted by molar-refractivity contribution is 6.01. The molecule has 26 heavy (non-hydrogen) atoms. The van der Waals surface area contributed by atoms with Gasteiger partial charge in [-0.05, 0) is 38.1 Å². The van der Waals surface area contributed by atoms with Crippen molar-refractivity contribution in [2.75, 3.05) is 18.5 Å². The number of hydrogen-bond acceptors (Lipinski definition) is 3. The van der Waals surface area contributed by atoms with Gasteiger partial charge >= 0.3 is 5.97 Å². The van der Waals surface area contributed by atoms with Gasteiger partial charge in [0.1, 0.15) is 17.7 Å². The van der Waals surface area contributed by atoms with E-state index >= 15 is 0 Å². The number of carbonyl (C=O) groups is 2. The van der Waals surface area contributed by atoms with E-state index in [0.29, 0.717) is 11.3 Å². The Kier molecular flexibility index (Phi) is 6.80. The number of halogens is 2. The third-order valence-corrected chi connectivity index (χ3v) is 3.81. The van der Waals surface area contributed by atoms with Crippen LogP contribution in [0.25, 0.3) is 0 Å². The molecule has 0 aliphatic heterocycles. The molecule has 7 heteroatoms. The maximum Gasteiger partial charge on any atom is 0.340 e. The highest BCUT2D eigenvalue weighted by atomic mass is 19.1. The first-order valence-corrected chi connectivity index (χ1v) is 8.26. The van der Waals surface area contributed by atoms with Gasteiger partial charge < -0.3 is 15.4 Å². The average molecular weight is 363 g/mol. The molecule has 0 radical (unpaired) electrons. The van der Waals surface area contributed by atoms with Gasteiger partial charge in [0, 0.05) is 11.6 Å². The molecular weight excluding hydrogens is 342 g/mol. The molecule has 0 spiro atoms. The van der Waals surface area contributed by atoms with Crippen LogP contribution in [0.5, 0.6) is 0 Å². The molecule has 2 aromatic rings. The molecule has 2 rings (SSSR count). The second-order valence-corrected chi connectivity index (χ2v) is 5.71. The Morgan fingerprint density at radius 3 is 2.62 bits per heavy atom. The number of benzene rings is 2. The van der Waals surface area contributed by atoms with Crippen LogP contribution in [0, 0.1) is 11.6 Å². The maximum absolute atomic E-state index is 13.8. The second-order valence-electron chi connectivity index (χ2n) is 5.71. The van der Waals surface area contributed by atoms with Crippen molar-refractivity contribution >= 4 is 17.6 Å². The Hall–Kier alpha value is -2.80. The van der Waals surface area contributed by atoms with Crippen LogP contribution in [0.2, 0.25) is 0 Å². The van der Waals surface area contributed by atoms with Crippen LogP contribution in [0.15, 0.2) is 42.5 Å². The molecule has 3 N–H and O–H groups in total. The highest BCUT2D eigenvalue weighted by Gasteiger charge is 2.18. The number of amides is 1. The number of anilines is 1. The molecule has 0 aliphatic rings. The molecule has 0 unspecified atom stereocenters. The van der Waals surface area contributed by atoms with E-state index in [0.717, 1.165) is 6.07 Å². The molecule has 5 nitrogen and oxygen atoms in total. The van der Waals surface area contributed by atoms with E-state index in [-0.39, 0.29) is 30.7 Å². The highest BCUT2D eigenvalue weighted by Crippen LogP contribution is 2.16. The largest absolute Gasteiger partial charge is 0.462 e. The molecule has 1 amide bonds. The number of quaternary nitrogens is 1. The van der Waals surface area contributed by atoms with E-state index in [4.69, 9.17) is 4.74 Å². The van der Waals surface area contributed by atoms with Gasteiger partial charge in [-0.25, -0.2) is 13.6 Å². The van der Waals surface area contributed by atoms with Crippen molar-refractivity contribution in [3.63, 3.8) is 0 Å². The number of carbonyl (C=O) groups excluding carboxylic acids is 2. The molecule has 0 saturated carbocycles. The summed E-state index contributed by atoms with van der Waals surface area (Å²) < 4.78 is 31.7. The summed E-state index contributed by atoms with van der Waals surface area (Å²) in [4.78, 5) is 24.1. The molecule has 0 aromatic heterocycles. The number of hydrogen-bond donors (Lipinski definition) is 2. The van der Waals surface area contributed by atoms with Crippen molar-refractivity contribution in [1.29, 1.82) is 0 Å². The first-order valence-electron chi connectivity index (χ1n) is 8.26. The summed E-state index contributed by atoms with van der Waals surface area (Å²) >= 11 is 0. The SMILES string of the molecule is CCOC(=O)c1ccccc1NC(=O)C[NH2+][C@@H](C)c1ccc(F)cc1F. The topological polar surface area (TPSA) is 72.0 Å². The van der Waals surface area contributed by atoms with Crippen LogP contribution in [0.4, 0.5) is 14.5 Å². The summed E-state index contributed by atoms with van der Waals surface area (Å²) in [6.07, 6.45) is 0. The lowest BCUT2D eigenvalue weighted by Crippen LogP contribution is -2.86. The number of esters is 1. The Morgan fingerprint density at radius 2 is 1.92 bits per heavy atom. The summed E-state index contributed by atoms with van der Waals surface area (Å²) in [5.41, 5.74) is 0.927. The van der Waals surface area contributed by atoms with Crippen molar-refractivity contribution in [2.45, 2.75) is 19.9 Å². The fourth-order valence-electron chi connectivity index (χ4n) is 2.46. The van der Waals surface area contributed by atoms with Crippen molar-refractivity contribution < 1.29 is 28.4 Å². The minimum atomic E-state index is -0.651. The van der Waals surface area contributed by atoms with E-state index in [1.807, 2.05) is 0 Å². The van der Waals surface area contributed by atoms with Crippen LogP contribution < -0.4 is 10.6 Å². The Bertz CT molecular complexity index is 796. The smallest absolute Gasteiger partial charge is 0.340 e. The van der Waals surface area contributed by atoms with Gasteiger partial charge in [-0.1, -0.05) is 12.1 Å². The van der Waals surface area contributed by atoms with E-state index in [9.17, 15) is 18.4 Å². The van der Waals surface area contributed by atoms with E-state index in [2.05, 4.69) is 5.32 Å². The molecule has 0 aliphatic carbocycles. The van der Waals surface area contributed by atoms with Crippen molar-refractivity contribution in [2.24, 2.45) is 0 Å². The monoisotopic (exact) mass is 363 g/mol. The van der Waals surface area contributed by atoms with E-state index < -0.39 is 17.6 Å². The van der Waals surface area contributed by atoms with Crippen LogP contribution in [0.1, 0.15) is 35.8 Å². The zero-order valence-electron chi connectivity index (χ0n) is 14.6. The zero-order chi connectivity index (χ0) is 19.1. The molecule has 0 fully saturated rings. The molecule has 2 aromatic carbocycles. The van der Waals surface area contributed by atoms with E-state index in [1.54, 1.807) is 43.4 Å². The van der Waals surface area contributed by atoms with Gasteiger partial charge in [-0.2, -0.15) is 0 Å². The van der Waals surface area contributed by atoms with Gasteiger partial charge in [-0.3, -0.25) is 4.79 Å². The summed E-state index contributed by atoms with van der Waals surface area (Å²) in [6, 6.07) is 9.52. The molecule has 1 atom stereocenters. The third-order valence-electron chi connectivity index (χ3n) is 3.81. The van der Waals surface area contributed by atoms with Crippen LogP contribution in [-0.2, 0) is 9.53 Å². The van der Waals surface area contributed by atoms with Gasteiger partial charge in [0.15, 0.2) is 6.54 Å². The van der Waals surface area contributed by atoms with E-state index in [1.165, 1.54) is 12.1 Å². The van der Waals surface area contributed by atoms with Crippen molar-refractivity contribution in [3.05, 3.63) is 65.2 Å². The fourth-order valence-corrected chi connectivity index (χ4v) is 2.46. The summed E-state index contributed by atoms with van der Waals surface area (Å²) in [5, 5.41) is 4.28. The standard InChI is InChI=1S/C19H20F2N2O3/c1-3-26-19(25)15-6-4-5-7-17(15)23-18(24)11-22-12(2)14-9-8-13(20)10-16(14)21/h4-10,12,22H,3,11H2,1-2H3,(H,23,24)/p+1/t12-/m0/s1. The first-order chi connectivity index (χ1) is 12.4. The van der Waals surface area contributed by atoms with Gasteiger partial charge in [-0.15, -0.1) is 0 Å². The summed E-state index contributed by atoms with van der Waals surface area (Å²) in [6.45, 7) is 3.66. The molecule has 0 bridgehead atoms. The van der Waals surface area contributed by atoms with Gasteiger partial charge in [0.25, 0.3) is 5.91 Å². The molecular formula is C19H21F2N2O3+. The predicted molar refractivity (Wildman–Crippen MR) is 92.6 cm³/mol. The number of nitrogens with two attached hydrogens (primary N) is 1. The Labute approximate surface area is 150 Å². The predicted octanol–water partition coefficient (Wildman–Crippen LogP) is 2.40. The van der Waals surface area contributed by atoms with Gasteiger partial charge in [0.05, 0.1) is 17.9 Å². The zero-order valence-corrected chi connectivity index (χ0v) is 14.6. The number of rotatable bonds is 7. The Morgan fingerprint density at radius 1 is 1.19 bits per heavy atom. The molecule has 0 saturated heterocycles. The number of ether oxygens (including phenoxy) is 1. The number of nitrogens with one attached hydrogen (secondary N) is 1. The minimum absolute atomic E-state index is 0.00907. The maximum atomic E-state index is 13.8. The lowest BCUT2D eigenvalue weighted by Gasteiger charge is -2.13. The van der Waals surface area contributed by atoms with Crippen molar-refractivity contribution in [1.82, 2.24) is 0 Å². The number of para-hydroxylation sites is 1. The Balaban J connectivity index is 1.98. The first kappa shape index (κ1) is 19.5. The second kappa shape index (κ2) is 9.05. The normalized spacial score (nSPS) is 11.7. The van der Waals surface area contributed by atoms with Crippen LogP contribution >= 0.6 is 0 Å². The lowest BCUT2D eigenvalue weighted by molar-refractivity contribution is -0.682. The van der Waals surface area contributed by atoms with Crippen LogP contribution in [0.3, 0.4) is 0 Å². The quantitative estimate of drug-likeness (QED) is 0.742. The summed E-state index contributed by atoms with van der Waals surface area (Å²) in [5.74, 6) is -2.17. The minimum Gasteiger partial charge on any atom is -0.462 e. The molecule has 138 valence electrons. The fraction of sp³-hybridized carbons (Fsp3) is 0.263.